The van der Waals surface area contributed by atoms with Crippen LogP contribution in [0.5, 0.6) is 0 Å². The van der Waals surface area contributed by atoms with Crippen molar-refractivity contribution < 1.29 is 4.74 Å². The summed E-state index contributed by atoms with van der Waals surface area (Å²) in [4.78, 5) is 0. The topological polar surface area (TPSA) is 9.23 Å². The summed E-state index contributed by atoms with van der Waals surface area (Å²) in [6.07, 6.45) is 2.92. The number of ether oxygens (including phenoxy) is 1. The molecule has 1 nitrogen and oxygen atoms in total. The van der Waals surface area contributed by atoms with E-state index in [9.17, 15) is 0 Å². The Morgan fingerprint density at radius 2 is 2.00 bits per heavy atom. The van der Waals surface area contributed by atoms with E-state index in [2.05, 4.69) is 21.2 Å². The molecule has 0 unspecified atom stereocenters. The van der Waals surface area contributed by atoms with Crippen LogP contribution in [0.3, 0.4) is 0 Å². The monoisotopic (exact) mass is 274 g/mol. The zero-order chi connectivity index (χ0) is 7.45. The summed E-state index contributed by atoms with van der Waals surface area (Å²) in [7, 11) is 1.58. The zero-order valence-electron chi connectivity index (χ0n) is 6.44. The van der Waals surface area contributed by atoms with E-state index in [4.69, 9.17) is 4.74 Å². The first-order chi connectivity index (χ1) is 4.77. The highest BCUT2D eigenvalue weighted by Gasteiger charge is 2.24. The van der Waals surface area contributed by atoms with Crippen LogP contribution in [0.2, 0.25) is 0 Å². The quantitative estimate of drug-likeness (QED) is 0.719. The summed E-state index contributed by atoms with van der Waals surface area (Å²) in [5.74, 6) is 4.29. The van der Waals surface area contributed by atoms with E-state index in [1.54, 1.807) is 7.11 Å². The van der Waals surface area contributed by atoms with Gasteiger partial charge >= 0.3 is 0 Å². The third-order valence-electron chi connectivity index (χ3n) is 1.92. The summed E-state index contributed by atoms with van der Waals surface area (Å²) in [6, 6.07) is 0. The average molecular weight is 274 g/mol. The normalized spacial score (nSPS) is 26.6. The molecule has 0 aliphatic carbocycles. The maximum atomic E-state index is 5.08. The lowest BCUT2D eigenvalue weighted by atomic mass is 10.4. The molecular formula is C7H15IOS. The van der Waals surface area contributed by atoms with Crippen LogP contribution in [0, 0.1) is 0 Å². The summed E-state index contributed by atoms with van der Waals surface area (Å²) >= 11 is 2.69. The lowest BCUT2D eigenvalue weighted by molar-refractivity contribution is 0.218. The van der Waals surface area contributed by atoms with Crippen LogP contribution in [0.1, 0.15) is 12.8 Å². The van der Waals surface area contributed by atoms with Crippen molar-refractivity contribution >= 4 is 28.4 Å². The average Bonchev–Trinajstić information content (AvgIpc) is 2.33. The van der Waals surface area contributed by atoms with Gasteiger partial charge in [-0.05, 0) is 45.6 Å². The van der Waals surface area contributed by atoms with E-state index in [1.807, 2.05) is 0 Å². The molecule has 0 bridgehead atoms. The van der Waals surface area contributed by atoms with Crippen molar-refractivity contribution in [2.75, 3.05) is 31.0 Å². The Morgan fingerprint density at radius 1 is 1.40 bits per heavy atom. The van der Waals surface area contributed by atoms with Gasteiger partial charge < -0.3 is 4.74 Å². The molecule has 1 rings (SSSR count). The van der Waals surface area contributed by atoms with E-state index >= 15 is 0 Å². The van der Waals surface area contributed by atoms with E-state index < -0.39 is 0 Å². The van der Waals surface area contributed by atoms with E-state index in [0.29, 0.717) is 0 Å². The molecule has 3 heteroatoms. The first-order valence-corrected chi connectivity index (χ1v) is 8.40. The first kappa shape index (κ1) is 9.13. The molecule has 1 aliphatic rings. The molecule has 1 aliphatic heterocycles. The molecule has 1 heterocycles. The van der Waals surface area contributed by atoms with Crippen molar-refractivity contribution in [3.8, 4) is 0 Å². The van der Waals surface area contributed by atoms with Gasteiger partial charge in [0.25, 0.3) is 0 Å². The molecule has 0 aromatic heterocycles. The summed E-state index contributed by atoms with van der Waals surface area (Å²) < 4.78 is 5.08. The van der Waals surface area contributed by atoms with Crippen molar-refractivity contribution in [2.24, 2.45) is 0 Å². The Labute approximate surface area is 76.8 Å². The van der Waals surface area contributed by atoms with Crippen molar-refractivity contribution in [1.29, 1.82) is 0 Å². The number of halogens is 1. The van der Waals surface area contributed by atoms with Gasteiger partial charge in [0.05, 0.1) is 6.61 Å². The molecule has 0 radical (unpaired) electrons. The van der Waals surface area contributed by atoms with Gasteiger partial charge in [-0.1, -0.05) is 0 Å². The molecule has 10 heavy (non-hydrogen) atoms. The van der Waals surface area contributed by atoms with Gasteiger partial charge in [-0.25, -0.2) is 0 Å². The molecular weight excluding hydrogens is 259 g/mol. The first-order valence-electron chi connectivity index (χ1n) is 3.72. The van der Waals surface area contributed by atoms with Gasteiger partial charge in [-0.15, -0.1) is 0 Å². The van der Waals surface area contributed by atoms with Gasteiger partial charge in [0.15, 0.2) is 0 Å². The van der Waals surface area contributed by atoms with Crippen LogP contribution in [0.15, 0.2) is 0 Å². The second-order valence-electron chi connectivity index (χ2n) is 2.75. The molecule has 0 saturated carbocycles. The lowest BCUT2D eigenvalue weighted by Gasteiger charge is -2.26. The van der Waals surface area contributed by atoms with Crippen molar-refractivity contribution in [1.82, 2.24) is 0 Å². The van der Waals surface area contributed by atoms with Crippen molar-refractivity contribution in [3.05, 3.63) is 0 Å². The van der Waals surface area contributed by atoms with Gasteiger partial charge in [-0.3, -0.25) is 0 Å². The predicted molar refractivity (Wildman–Crippen MR) is 57.3 cm³/mol. The highest BCUT2D eigenvalue weighted by molar-refractivity contribution is 14.2. The van der Waals surface area contributed by atoms with Gasteiger partial charge in [0.2, 0.25) is 0 Å². The number of hydrogen-bond donors (Lipinski definition) is 0. The smallest absolute Gasteiger partial charge is 0.0545 e. The Bertz CT molecular complexity index is 102. The Balaban J connectivity index is 2.22. The maximum absolute atomic E-state index is 5.08. The predicted octanol–water partition coefficient (Wildman–Crippen LogP) is 2.58. The number of methoxy groups -OCH3 is 1. The SMILES string of the molecule is COCCS1(I)CCCC1. The van der Waals surface area contributed by atoms with Gasteiger partial charge in [0.1, 0.15) is 0 Å². The van der Waals surface area contributed by atoms with Crippen LogP contribution in [0.25, 0.3) is 0 Å². The highest BCUT2D eigenvalue weighted by atomic mass is 127. The minimum Gasteiger partial charge on any atom is -0.384 e. The molecule has 0 aromatic carbocycles. The van der Waals surface area contributed by atoms with Crippen LogP contribution >= 0.6 is 28.4 Å². The number of hydrogen-bond acceptors (Lipinski definition) is 1. The largest absolute Gasteiger partial charge is 0.384 e. The second kappa shape index (κ2) is 4.16. The fraction of sp³-hybridized carbons (Fsp3) is 1.00. The number of rotatable bonds is 3. The van der Waals surface area contributed by atoms with Gasteiger partial charge in [-0.2, -0.15) is 7.20 Å². The minimum atomic E-state index is -0.221. The zero-order valence-corrected chi connectivity index (χ0v) is 9.41. The summed E-state index contributed by atoms with van der Waals surface area (Å²) in [5, 5.41) is 0. The fourth-order valence-corrected chi connectivity index (χ4v) is 6.19. The third kappa shape index (κ3) is 2.58. The molecule has 62 valence electrons. The van der Waals surface area contributed by atoms with Crippen LogP contribution in [-0.2, 0) is 4.74 Å². The van der Waals surface area contributed by atoms with Crippen LogP contribution in [0.4, 0.5) is 0 Å². The third-order valence-corrected chi connectivity index (χ3v) is 8.83. The van der Waals surface area contributed by atoms with Crippen LogP contribution in [-0.4, -0.2) is 31.0 Å². The Morgan fingerprint density at radius 3 is 2.50 bits per heavy atom. The molecule has 0 N–H and O–H groups in total. The second-order valence-corrected chi connectivity index (χ2v) is 11.5. The fourth-order valence-electron chi connectivity index (χ4n) is 1.26. The standard InChI is InChI=1S/C7H15IOS/c1-9-4-7-10(8)5-2-3-6-10/h2-7H2,1H3. The summed E-state index contributed by atoms with van der Waals surface area (Å²) in [6.45, 7) is 0.971. The van der Waals surface area contributed by atoms with E-state index in [1.165, 1.54) is 30.1 Å². The molecule has 0 aromatic rings. The molecule has 1 saturated heterocycles. The van der Waals surface area contributed by atoms with Crippen molar-refractivity contribution in [2.45, 2.75) is 12.8 Å². The Hall–Kier alpha value is 1.04. The minimum absolute atomic E-state index is 0.221. The molecule has 0 spiro atoms. The lowest BCUT2D eigenvalue weighted by Crippen LogP contribution is -2.04. The van der Waals surface area contributed by atoms with Gasteiger partial charge in [0, 0.05) is 12.9 Å². The van der Waals surface area contributed by atoms with E-state index in [0.717, 1.165) is 6.61 Å². The molecule has 0 amide bonds. The highest BCUT2D eigenvalue weighted by Crippen LogP contribution is 2.60. The molecule has 1 fully saturated rings. The van der Waals surface area contributed by atoms with E-state index in [-0.39, 0.29) is 7.20 Å². The summed E-state index contributed by atoms with van der Waals surface area (Å²) in [5.41, 5.74) is 0. The van der Waals surface area contributed by atoms with Crippen LogP contribution < -0.4 is 0 Å². The molecule has 0 atom stereocenters. The maximum Gasteiger partial charge on any atom is 0.0545 e. The van der Waals surface area contributed by atoms with Crippen molar-refractivity contribution in [3.63, 3.8) is 0 Å². The Kier molecular flexibility index (Phi) is 3.80.